The summed E-state index contributed by atoms with van der Waals surface area (Å²) in [6.45, 7) is 5.38. The van der Waals surface area contributed by atoms with Gasteiger partial charge < -0.3 is 5.32 Å². The number of carbonyl (C=O) groups is 1. The molecule has 0 spiro atoms. The van der Waals surface area contributed by atoms with Crippen LogP contribution in [0.3, 0.4) is 0 Å². The molecule has 5 heteroatoms. The van der Waals surface area contributed by atoms with Crippen molar-refractivity contribution in [3.05, 3.63) is 15.0 Å². The Morgan fingerprint density at radius 3 is 3.07 bits per heavy atom. The molecule has 0 saturated heterocycles. The summed E-state index contributed by atoms with van der Waals surface area (Å²) in [5, 5.41) is 7.83. The molecule has 0 aliphatic carbocycles. The van der Waals surface area contributed by atoms with Crippen LogP contribution in [-0.4, -0.2) is 21.6 Å². The molecule has 15 heavy (non-hydrogen) atoms. The van der Waals surface area contributed by atoms with E-state index in [1.54, 1.807) is 6.92 Å². The first kappa shape index (κ1) is 11.1. The van der Waals surface area contributed by atoms with Crippen LogP contribution in [0.15, 0.2) is 0 Å². The van der Waals surface area contributed by atoms with Crippen LogP contribution in [-0.2, 0) is 13.1 Å². The van der Waals surface area contributed by atoms with E-state index in [9.17, 15) is 4.79 Å². The van der Waals surface area contributed by atoms with Gasteiger partial charge in [-0.2, -0.15) is 5.10 Å². The van der Waals surface area contributed by atoms with Gasteiger partial charge in [0.1, 0.15) is 3.70 Å². The number of carbonyl (C=O) groups excluding carboxylic acids is 1. The Kier molecular flexibility index (Phi) is 3.11. The molecule has 0 amide bonds. The molecule has 1 N–H and O–H groups in total. The Bertz CT molecular complexity index is 400. The average Bonchev–Trinajstić information content (AvgIpc) is 2.52. The third-order valence-corrected chi connectivity index (χ3v) is 3.57. The SMILES string of the molecule is CCC1Cn2nc(I)c(C(C)=O)c2CN1. The first-order valence-electron chi connectivity index (χ1n) is 5.13. The van der Waals surface area contributed by atoms with E-state index in [-0.39, 0.29) is 5.78 Å². The Morgan fingerprint density at radius 1 is 1.73 bits per heavy atom. The van der Waals surface area contributed by atoms with Gasteiger partial charge in [-0.3, -0.25) is 9.48 Å². The number of Topliss-reactive ketones (excluding diaryl/α,β-unsaturated/α-hetero) is 1. The van der Waals surface area contributed by atoms with Gasteiger partial charge in [-0.1, -0.05) is 6.92 Å². The number of halogens is 1. The highest BCUT2D eigenvalue weighted by Crippen LogP contribution is 2.20. The van der Waals surface area contributed by atoms with Crippen molar-refractivity contribution in [1.29, 1.82) is 0 Å². The second-order valence-corrected chi connectivity index (χ2v) is 4.86. The summed E-state index contributed by atoms with van der Waals surface area (Å²) in [4.78, 5) is 11.5. The predicted octanol–water partition coefficient (Wildman–Crippen LogP) is 1.57. The Balaban J connectivity index is 2.39. The summed E-state index contributed by atoms with van der Waals surface area (Å²) in [6, 6.07) is 0.480. The minimum absolute atomic E-state index is 0.109. The third-order valence-electron chi connectivity index (χ3n) is 2.81. The van der Waals surface area contributed by atoms with Crippen LogP contribution in [0.2, 0.25) is 0 Å². The number of rotatable bonds is 2. The van der Waals surface area contributed by atoms with Gasteiger partial charge in [-0.25, -0.2) is 0 Å². The number of ketones is 1. The lowest BCUT2D eigenvalue weighted by Crippen LogP contribution is -2.39. The molecule has 1 aliphatic rings. The van der Waals surface area contributed by atoms with Gasteiger partial charge in [-0.15, -0.1) is 0 Å². The number of hydrogen-bond acceptors (Lipinski definition) is 3. The van der Waals surface area contributed by atoms with Crippen LogP contribution < -0.4 is 5.32 Å². The normalized spacial score (nSPS) is 20.1. The van der Waals surface area contributed by atoms with Crippen molar-refractivity contribution in [2.75, 3.05) is 0 Å². The van der Waals surface area contributed by atoms with Gasteiger partial charge in [0.15, 0.2) is 5.78 Å². The number of hydrogen-bond donors (Lipinski definition) is 1. The molecule has 0 saturated carbocycles. The van der Waals surface area contributed by atoms with Crippen molar-refractivity contribution in [1.82, 2.24) is 15.1 Å². The average molecular weight is 319 g/mol. The van der Waals surface area contributed by atoms with Crippen molar-refractivity contribution in [3.8, 4) is 0 Å². The fourth-order valence-corrected chi connectivity index (χ4v) is 2.88. The van der Waals surface area contributed by atoms with E-state index in [0.717, 1.165) is 34.5 Å². The quantitative estimate of drug-likeness (QED) is 0.665. The number of fused-ring (bicyclic) bond motifs is 1. The van der Waals surface area contributed by atoms with E-state index in [2.05, 4.69) is 39.9 Å². The van der Waals surface area contributed by atoms with Gasteiger partial charge in [0.25, 0.3) is 0 Å². The summed E-state index contributed by atoms with van der Waals surface area (Å²) >= 11 is 2.14. The summed E-state index contributed by atoms with van der Waals surface area (Å²) in [6.07, 6.45) is 1.09. The molecule has 2 heterocycles. The predicted molar refractivity (Wildman–Crippen MR) is 65.9 cm³/mol. The monoisotopic (exact) mass is 319 g/mol. The minimum atomic E-state index is 0.109. The summed E-state index contributed by atoms with van der Waals surface area (Å²) in [5.41, 5.74) is 1.83. The van der Waals surface area contributed by atoms with Crippen molar-refractivity contribution in [2.45, 2.75) is 39.4 Å². The standard InChI is InChI=1S/C10H14IN3O/c1-3-7-5-14-8(4-12-7)9(6(2)15)10(11)13-14/h7,12H,3-5H2,1-2H3. The highest BCUT2D eigenvalue weighted by molar-refractivity contribution is 14.1. The van der Waals surface area contributed by atoms with Gasteiger partial charge >= 0.3 is 0 Å². The molecule has 1 unspecified atom stereocenters. The van der Waals surface area contributed by atoms with Crippen LogP contribution >= 0.6 is 22.6 Å². The fraction of sp³-hybridized carbons (Fsp3) is 0.600. The second kappa shape index (κ2) is 4.21. The van der Waals surface area contributed by atoms with Gasteiger partial charge in [0.2, 0.25) is 0 Å². The summed E-state index contributed by atoms with van der Waals surface area (Å²) < 4.78 is 2.80. The number of aromatic nitrogens is 2. The topological polar surface area (TPSA) is 46.9 Å². The molecule has 1 aliphatic heterocycles. The molecule has 0 fully saturated rings. The molecular weight excluding hydrogens is 305 g/mol. The van der Waals surface area contributed by atoms with Crippen LogP contribution in [0.5, 0.6) is 0 Å². The lowest BCUT2D eigenvalue weighted by atomic mass is 10.1. The highest BCUT2D eigenvalue weighted by Gasteiger charge is 2.24. The van der Waals surface area contributed by atoms with E-state index in [4.69, 9.17) is 0 Å². The minimum Gasteiger partial charge on any atom is -0.307 e. The zero-order chi connectivity index (χ0) is 11.0. The van der Waals surface area contributed by atoms with Crippen molar-refractivity contribution in [2.24, 2.45) is 0 Å². The van der Waals surface area contributed by atoms with E-state index in [0.29, 0.717) is 6.04 Å². The molecule has 2 rings (SSSR count). The van der Waals surface area contributed by atoms with E-state index < -0.39 is 0 Å². The van der Waals surface area contributed by atoms with Crippen LogP contribution in [0.25, 0.3) is 0 Å². The van der Waals surface area contributed by atoms with Gasteiger partial charge in [-0.05, 0) is 35.9 Å². The van der Waals surface area contributed by atoms with Crippen LogP contribution in [0.4, 0.5) is 0 Å². The Labute approximate surface area is 103 Å². The molecule has 4 nitrogen and oxygen atoms in total. The summed E-state index contributed by atoms with van der Waals surface area (Å²) in [5.74, 6) is 0.109. The lowest BCUT2D eigenvalue weighted by molar-refractivity contribution is 0.101. The summed E-state index contributed by atoms with van der Waals surface area (Å²) in [7, 11) is 0. The first-order valence-corrected chi connectivity index (χ1v) is 6.20. The number of nitrogens with one attached hydrogen (secondary N) is 1. The number of nitrogens with zero attached hydrogens (tertiary/aromatic N) is 2. The first-order chi connectivity index (χ1) is 7.13. The molecule has 82 valence electrons. The molecular formula is C10H14IN3O. The van der Waals surface area contributed by atoms with Crippen molar-refractivity contribution < 1.29 is 4.79 Å². The Hall–Kier alpha value is -0.430. The largest absolute Gasteiger partial charge is 0.307 e. The van der Waals surface area contributed by atoms with Crippen LogP contribution in [0, 0.1) is 3.70 Å². The molecule has 0 radical (unpaired) electrons. The molecule has 0 aromatic carbocycles. The van der Waals surface area contributed by atoms with Gasteiger partial charge in [0, 0.05) is 12.6 Å². The molecule has 0 bridgehead atoms. The van der Waals surface area contributed by atoms with E-state index >= 15 is 0 Å². The maximum Gasteiger partial charge on any atom is 0.164 e. The lowest BCUT2D eigenvalue weighted by Gasteiger charge is -2.24. The zero-order valence-corrected chi connectivity index (χ0v) is 11.0. The zero-order valence-electron chi connectivity index (χ0n) is 8.88. The Morgan fingerprint density at radius 2 is 2.47 bits per heavy atom. The van der Waals surface area contributed by atoms with Gasteiger partial charge in [0.05, 0.1) is 17.8 Å². The van der Waals surface area contributed by atoms with Crippen LogP contribution in [0.1, 0.15) is 36.3 Å². The van der Waals surface area contributed by atoms with Crippen molar-refractivity contribution >= 4 is 28.4 Å². The molecule has 1 aromatic heterocycles. The van der Waals surface area contributed by atoms with Crippen molar-refractivity contribution in [3.63, 3.8) is 0 Å². The maximum atomic E-state index is 11.5. The maximum absolute atomic E-state index is 11.5. The second-order valence-electron chi connectivity index (χ2n) is 3.84. The molecule has 1 atom stereocenters. The van der Waals surface area contributed by atoms with E-state index in [1.165, 1.54) is 0 Å². The molecule has 1 aromatic rings. The highest BCUT2D eigenvalue weighted by atomic mass is 127. The fourth-order valence-electron chi connectivity index (χ4n) is 1.93. The third kappa shape index (κ3) is 1.94. The van der Waals surface area contributed by atoms with E-state index in [1.807, 2.05) is 4.68 Å². The smallest absolute Gasteiger partial charge is 0.164 e.